The van der Waals surface area contributed by atoms with Gasteiger partial charge >= 0.3 is 0 Å². The van der Waals surface area contributed by atoms with Crippen LogP contribution in [-0.2, 0) is 6.42 Å². The number of nitrogen functional groups attached to an aromatic ring is 1. The van der Waals surface area contributed by atoms with Crippen LogP contribution in [0.4, 0.5) is 5.69 Å². The van der Waals surface area contributed by atoms with Gasteiger partial charge < -0.3 is 10.5 Å². The molecule has 0 aromatic heterocycles. The van der Waals surface area contributed by atoms with Crippen LogP contribution >= 0.6 is 0 Å². The largest absolute Gasteiger partial charge is 0.457 e. The van der Waals surface area contributed by atoms with E-state index in [9.17, 15) is 0 Å². The Kier molecular flexibility index (Phi) is 3.56. The summed E-state index contributed by atoms with van der Waals surface area (Å²) in [6.07, 6.45) is 1.05. The fourth-order valence-corrected chi connectivity index (χ4v) is 2.06. The van der Waals surface area contributed by atoms with Crippen molar-refractivity contribution in [2.45, 2.75) is 27.2 Å². The second-order valence-corrected chi connectivity index (χ2v) is 4.58. The van der Waals surface area contributed by atoms with Gasteiger partial charge in [-0.15, -0.1) is 0 Å². The fraction of sp³-hybridized carbons (Fsp3) is 0.250. The van der Waals surface area contributed by atoms with Gasteiger partial charge in [-0.25, -0.2) is 0 Å². The van der Waals surface area contributed by atoms with Crippen LogP contribution in [0.25, 0.3) is 0 Å². The summed E-state index contributed by atoms with van der Waals surface area (Å²) in [6, 6.07) is 11.8. The van der Waals surface area contributed by atoms with Gasteiger partial charge in [0.2, 0.25) is 0 Å². The first-order chi connectivity index (χ1) is 8.60. The van der Waals surface area contributed by atoms with Gasteiger partial charge in [0, 0.05) is 5.69 Å². The van der Waals surface area contributed by atoms with E-state index in [-0.39, 0.29) is 0 Å². The van der Waals surface area contributed by atoms with E-state index < -0.39 is 0 Å². The van der Waals surface area contributed by atoms with Crippen molar-refractivity contribution in [2.24, 2.45) is 0 Å². The van der Waals surface area contributed by atoms with E-state index in [1.807, 2.05) is 24.3 Å². The fourth-order valence-electron chi connectivity index (χ4n) is 2.06. The van der Waals surface area contributed by atoms with Gasteiger partial charge in [0.15, 0.2) is 0 Å². The number of nitrogens with two attached hydrogens (primary N) is 1. The molecule has 2 nitrogen and oxygen atoms in total. The zero-order valence-corrected chi connectivity index (χ0v) is 11.2. The average molecular weight is 241 g/mol. The van der Waals surface area contributed by atoms with Crippen LogP contribution in [0, 0.1) is 13.8 Å². The van der Waals surface area contributed by atoms with Gasteiger partial charge in [-0.05, 0) is 61.2 Å². The summed E-state index contributed by atoms with van der Waals surface area (Å²) < 4.78 is 5.94. The molecule has 0 radical (unpaired) electrons. The summed E-state index contributed by atoms with van der Waals surface area (Å²) in [6.45, 7) is 6.33. The summed E-state index contributed by atoms with van der Waals surface area (Å²) in [5.41, 5.74) is 10.1. The third-order valence-electron chi connectivity index (χ3n) is 3.03. The van der Waals surface area contributed by atoms with Crippen molar-refractivity contribution < 1.29 is 4.74 Å². The summed E-state index contributed by atoms with van der Waals surface area (Å²) in [7, 11) is 0. The minimum atomic E-state index is 0.747. The summed E-state index contributed by atoms with van der Waals surface area (Å²) in [4.78, 5) is 0. The Morgan fingerprint density at radius 1 is 1.00 bits per heavy atom. The van der Waals surface area contributed by atoms with E-state index in [1.165, 1.54) is 16.7 Å². The highest BCUT2D eigenvalue weighted by molar-refractivity contribution is 5.48. The zero-order valence-electron chi connectivity index (χ0n) is 11.2. The maximum absolute atomic E-state index is 5.94. The van der Waals surface area contributed by atoms with Crippen molar-refractivity contribution in [3.05, 3.63) is 53.1 Å². The van der Waals surface area contributed by atoms with E-state index >= 15 is 0 Å². The smallest absolute Gasteiger partial charge is 0.133 e. The number of anilines is 1. The van der Waals surface area contributed by atoms with Crippen LogP contribution in [0.5, 0.6) is 11.5 Å². The Labute approximate surface area is 108 Å². The number of ether oxygens (including phenoxy) is 1. The third kappa shape index (κ3) is 2.65. The Morgan fingerprint density at radius 3 is 2.06 bits per heavy atom. The van der Waals surface area contributed by atoms with Gasteiger partial charge in [0.1, 0.15) is 11.5 Å². The molecular weight excluding hydrogens is 222 g/mol. The van der Waals surface area contributed by atoms with Crippen molar-refractivity contribution in [1.82, 2.24) is 0 Å². The first kappa shape index (κ1) is 12.5. The molecule has 2 N–H and O–H groups in total. The Bertz CT molecular complexity index is 521. The third-order valence-corrected chi connectivity index (χ3v) is 3.03. The number of hydrogen-bond acceptors (Lipinski definition) is 2. The van der Waals surface area contributed by atoms with E-state index in [0.717, 1.165) is 23.6 Å². The number of aryl methyl sites for hydroxylation is 3. The maximum atomic E-state index is 5.94. The molecule has 0 aliphatic heterocycles. The summed E-state index contributed by atoms with van der Waals surface area (Å²) in [5.74, 6) is 1.76. The second kappa shape index (κ2) is 5.13. The van der Waals surface area contributed by atoms with Crippen molar-refractivity contribution in [1.29, 1.82) is 0 Å². The predicted octanol–water partition coefficient (Wildman–Crippen LogP) is 4.24. The first-order valence-electron chi connectivity index (χ1n) is 6.23. The highest BCUT2D eigenvalue weighted by atomic mass is 16.5. The summed E-state index contributed by atoms with van der Waals surface area (Å²) >= 11 is 0. The molecule has 0 fully saturated rings. The van der Waals surface area contributed by atoms with Gasteiger partial charge in [-0.3, -0.25) is 0 Å². The lowest BCUT2D eigenvalue weighted by Crippen LogP contribution is -1.94. The summed E-state index contributed by atoms with van der Waals surface area (Å²) in [5, 5.41) is 0. The molecule has 0 atom stereocenters. The zero-order chi connectivity index (χ0) is 13.1. The van der Waals surface area contributed by atoms with Gasteiger partial charge in [-0.2, -0.15) is 0 Å². The lowest BCUT2D eigenvalue weighted by Gasteiger charge is -2.13. The second-order valence-electron chi connectivity index (χ2n) is 4.58. The van der Waals surface area contributed by atoms with Crippen LogP contribution < -0.4 is 10.5 Å². The number of hydrogen-bond donors (Lipinski definition) is 1. The predicted molar refractivity (Wildman–Crippen MR) is 76.2 cm³/mol. The molecule has 2 rings (SSSR count). The molecule has 2 heteroatoms. The lowest BCUT2D eigenvalue weighted by molar-refractivity contribution is 0.475. The molecule has 0 aliphatic rings. The normalized spacial score (nSPS) is 10.4. The minimum Gasteiger partial charge on any atom is -0.457 e. The van der Waals surface area contributed by atoms with Crippen molar-refractivity contribution >= 4 is 5.69 Å². The minimum absolute atomic E-state index is 0.747. The van der Waals surface area contributed by atoms with Crippen LogP contribution in [0.2, 0.25) is 0 Å². The van der Waals surface area contributed by atoms with Crippen LogP contribution in [-0.4, -0.2) is 0 Å². The van der Waals surface area contributed by atoms with Crippen LogP contribution in [0.1, 0.15) is 23.6 Å². The maximum Gasteiger partial charge on any atom is 0.133 e. The molecule has 94 valence electrons. The molecule has 0 spiro atoms. The van der Waals surface area contributed by atoms with Crippen molar-refractivity contribution in [2.75, 3.05) is 5.73 Å². The van der Waals surface area contributed by atoms with E-state index in [1.54, 1.807) is 0 Å². The highest BCUT2D eigenvalue weighted by Gasteiger charge is 2.07. The van der Waals surface area contributed by atoms with E-state index in [0.29, 0.717) is 0 Å². The van der Waals surface area contributed by atoms with Crippen LogP contribution in [0.3, 0.4) is 0 Å². The van der Waals surface area contributed by atoms with Gasteiger partial charge in [0.25, 0.3) is 0 Å². The SMILES string of the molecule is CCc1cc(C)c(Oc2ccc(N)cc2)c(C)c1. The molecule has 0 heterocycles. The van der Waals surface area contributed by atoms with E-state index in [4.69, 9.17) is 10.5 Å². The molecule has 0 aliphatic carbocycles. The quantitative estimate of drug-likeness (QED) is 0.816. The molecule has 0 unspecified atom stereocenters. The Hall–Kier alpha value is -1.96. The monoisotopic (exact) mass is 241 g/mol. The highest BCUT2D eigenvalue weighted by Crippen LogP contribution is 2.30. The van der Waals surface area contributed by atoms with Gasteiger partial charge in [-0.1, -0.05) is 19.1 Å². The van der Waals surface area contributed by atoms with Crippen molar-refractivity contribution in [3.63, 3.8) is 0 Å². The molecule has 0 bridgehead atoms. The van der Waals surface area contributed by atoms with Crippen molar-refractivity contribution in [3.8, 4) is 11.5 Å². The Balaban J connectivity index is 2.31. The molecule has 18 heavy (non-hydrogen) atoms. The molecule has 2 aromatic carbocycles. The standard InChI is InChI=1S/C16H19NO/c1-4-13-9-11(2)16(12(3)10-13)18-15-7-5-14(17)6-8-15/h5-10H,4,17H2,1-3H3. The number of benzene rings is 2. The molecule has 0 saturated carbocycles. The van der Waals surface area contributed by atoms with Crippen LogP contribution in [0.15, 0.2) is 36.4 Å². The molecule has 0 saturated heterocycles. The Morgan fingerprint density at radius 2 is 1.56 bits per heavy atom. The topological polar surface area (TPSA) is 35.2 Å². The lowest BCUT2D eigenvalue weighted by atomic mass is 10.0. The van der Waals surface area contributed by atoms with Gasteiger partial charge in [0.05, 0.1) is 0 Å². The number of rotatable bonds is 3. The van der Waals surface area contributed by atoms with E-state index in [2.05, 4.69) is 32.9 Å². The average Bonchev–Trinajstić information content (AvgIpc) is 2.35. The molecular formula is C16H19NO. The molecule has 0 amide bonds. The first-order valence-corrected chi connectivity index (χ1v) is 6.23. The molecule has 2 aromatic rings.